The van der Waals surface area contributed by atoms with Crippen LogP contribution in [0, 0.1) is 0 Å². The number of benzene rings is 1. The Morgan fingerprint density at radius 3 is 2.44 bits per heavy atom. The fourth-order valence-electron chi connectivity index (χ4n) is 1.62. The Kier molecular flexibility index (Phi) is 2.38. The van der Waals surface area contributed by atoms with Crippen LogP contribution in [0.5, 0.6) is 5.75 Å². The van der Waals surface area contributed by atoms with Gasteiger partial charge in [0.15, 0.2) is 0 Å². The van der Waals surface area contributed by atoms with Gasteiger partial charge >= 0.3 is 6.18 Å². The zero-order chi connectivity index (χ0) is 12.0. The highest BCUT2D eigenvalue weighted by atomic mass is 19.4. The lowest BCUT2D eigenvalue weighted by molar-refractivity contribution is -0.137. The summed E-state index contributed by atoms with van der Waals surface area (Å²) in [5.41, 5.74) is 4.93. The third-order valence-electron chi connectivity index (χ3n) is 2.84. The van der Waals surface area contributed by atoms with E-state index in [1.54, 1.807) is 0 Å². The molecule has 1 aliphatic rings. The molecule has 0 unspecified atom stereocenters. The monoisotopic (exact) mass is 231 g/mol. The zero-order valence-electron chi connectivity index (χ0n) is 8.51. The van der Waals surface area contributed by atoms with E-state index in [0.717, 1.165) is 31.0 Å². The lowest BCUT2D eigenvalue weighted by Gasteiger charge is -2.13. The molecule has 5 heteroatoms. The molecule has 1 fully saturated rings. The van der Waals surface area contributed by atoms with Crippen molar-refractivity contribution in [2.75, 3.05) is 0 Å². The fraction of sp³-hybridized carbons (Fsp3) is 0.455. The number of halogens is 3. The zero-order valence-corrected chi connectivity index (χ0v) is 8.51. The summed E-state index contributed by atoms with van der Waals surface area (Å²) < 4.78 is 37.3. The SMILES string of the molecule is NC1(Cc2cc(C(F)(F)F)ccc2O)CC1. The van der Waals surface area contributed by atoms with Crippen molar-refractivity contribution in [3.8, 4) is 5.75 Å². The van der Waals surface area contributed by atoms with Crippen LogP contribution in [0.15, 0.2) is 18.2 Å². The minimum absolute atomic E-state index is 0.121. The smallest absolute Gasteiger partial charge is 0.416 e. The van der Waals surface area contributed by atoms with Crippen LogP contribution in [-0.4, -0.2) is 10.6 Å². The van der Waals surface area contributed by atoms with Crippen molar-refractivity contribution in [3.05, 3.63) is 29.3 Å². The van der Waals surface area contributed by atoms with Crippen molar-refractivity contribution in [1.29, 1.82) is 0 Å². The number of alkyl halides is 3. The van der Waals surface area contributed by atoms with Crippen LogP contribution in [0.25, 0.3) is 0 Å². The molecule has 16 heavy (non-hydrogen) atoms. The molecule has 88 valence electrons. The molecule has 0 saturated heterocycles. The first-order chi connectivity index (χ1) is 7.30. The second kappa shape index (κ2) is 3.38. The first-order valence-electron chi connectivity index (χ1n) is 4.98. The van der Waals surface area contributed by atoms with E-state index >= 15 is 0 Å². The summed E-state index contributed by atoms with van der Waals surface area (Å²) in [5, 5.41) is 9.47. The van der Waals surface area contributed by atoms with Crippen LogP contribution < -0.4 is 5.73 Å². The molecule has 0 spiro atoms. The van der Waals surface area contributed by atoms with Gasteiger partial charge in [-0.3, -0.25) is 0 Å². The maximum absolute atomic E-state index is 12.4. The molecule has 0 amide bonds. The Morgan fingerprint density at radius 1 is 1.31 bits per heavy atom. The molecule has 0 aliphatic heterocycles. The van der Waals surface area contributed by atoms with E-state index in [2.05, 4.69) is 0 Å². The van der Waals surface area contributed by atoms with E-state index in [1.165, 1.54) is 0 Å². The van der Waals surface area contributed by atoms with Crippen LogP contribution in [0.2, 0.25) is 0 Å². The molecule has 0 radical (unpaired) electrons. The van der Waals surface area contributed by atoms with Crippen LogP contribution >= 0.6 is 0 Å². The third kappa shape index (κ3) is 2.29. The summed E-state index contributed by atoms with van der Waals surface area (Å²) in [5.74, 6) is -0.121. The van der Waals surface area contributed by atoms with Crippen molar-refractivity contribution in [2.24, 2.45) is 5.73 Å². The minimum Gasteiger partial charge on any atom is -0.508 e. The molecule has 0 bridgehead atoms. The second-order valence-corrected chi connectivity index (χ2v) is 4.38. The van der Waals surface area contributed by atoms with Gasteiger partial charge < -0.3 is 10.8 Å². The van der Waals surface area contributed by atoms with Gasteiger partial charge in [0, 0.05) is 5.54 Å². The summed E-state index contributed by atoms with van der Waals surface area (Å²) in [6.07, 6.45) is -2.50. The van der Waals surface area contributed by atoms with Crippen LogP contribution in [0.4, 0.5) is 13.2 Å². The Balaban J connectivity index is 2.29. The van der Waals surface area contributed by atoms with E-state index in [-0.39, 0.29) is 11.3 Å². The van der Waals surface area contributed by atoms with Gasteiger partial charge in [0.25, 0.3) is 0 Å². The quantitative estimate of drug-likeness (QED) is 0.821. The highest BCUT2D eigenvalue weighted by Gasteiger charge is 2.39. The largest absolute Gasteiger partial charge is 0.508 e. The summed E-state index contributed by atoms with van der Waals surface area (Å²) in [4.78, 5) is 0. The molecule has 2 nitrogen and oxygen atoms in total. The first-order valence-corrected chi connectivity index (χ1v) is 4.98. The van der Waals surface area contributed by atoms with Gasteiger partial charge in [-0.1, -0.05) is 0 Å². The molecule has 1 aliphatic carbocycles. The Morgan fingerprint density at radius 2 is 1.94 bits per heavy atom. The minimum atomic E-state index is -4.38. The third-order valence-corrected chi connectivity index (χ3v) is 2.84. The topological polar surface area (TPSA) is 46.2 Å². The maximum atomic E-state index is 12.4. The van der Waals surface area contributed by atoms with E-state index < -0.39 is 17.3 Å². The molecule has 0 heterocycles. The number of phenolic OH excluding ortho intramolecular Hbond substituents is 1. The summed E-state index contributed by atoms with van der Waals surface area (Å²) in [7, 11) is 0. The molecular formula is C11H12F3NO. The normalized spacial score (nSPS) is 18.5. The Bertz CT molecular complexity index is 410. The molecule has 2 rings (SSSR count). The second-order valence-electron chi connectivity index (χ2n) is 4.38. The number of aromatic hydroxyl groups is 1. The number of hydrogen-bond donors (Lipinski definition) is 2. The van der Waals surface area contributed by atoms with Gasteiger partial charge in [-0.05, 0) is 43.0 Å². The highest BCUT2D eigenvalue weighted by molar-refractivity contribution is 5.39. The van der Waals surface area contributed by atoms with Gasteiger partial charge in [-0.2, -0.15) is 13.2 Å². The Labute approximate surface area is 90.9 Å². The fourth-order valence-corrected chi connectivity index (χ4v) is 1.62. The maximum Gasteiger partial charge on any atom is 0.416 e. The van der Waals surface area contributed by atoms with E-state index in [0.29, 0.717) is 6.42 Å². The van der Waals surface area contributed by atoms with Crippen molar-refractivity contribution in [2.45, 2.75) is 31.0 Å². The molecule has 0 aromatic heterocycles. The van der Waals surface area contributed by atoms with Gasteiger partial charge in [-0.25, -0.2) is 0 Å². The molecule has 1 aromatic rings. The van der Waals surface area contributed by atoms with Crippen molar-refractivity contribution in [1.82, 2.24) is 0 Å². The molecule has 1 saturated carbocycles. The van der Waals surface area contributed by atoms with Crippen LogP contribution in [-0.2, 0) is 12.6 Å². The summed E-state index contributed by atoms with van der Waals surface area (Å²) in [6.45, 7) is 0. The average molecular weight is 231 g/mol. The standard InChI is InChI=1S/C11H12F3NO/c12-11(13,14)8-1-2-9(16)7(5-8)6-10(15)3-4-10/h1-2,5,16H,3-4,6,15H2. The highest BCUT2D eigenvalue weighted by Crippen LogP contribution is 2.39. The lowest BCUT2D eigenvalue weighted by atomic mass is 10.0. The van der Waals surface area contributed by atoms with Gasteiger partial charge in [0.05, 0.1) is 5.56 Å². The van der Waals surface area contributed by atoms with Crippen molar-refractivity contribution >= 4 is 0 Å². The lowest BCUT2D eigenvalue weighted by Crippen LogP contribution is -2.24. The summed E-state index contributed by atoms with van der Waals surface area (Å²) in [6, 6.07) is 2.92. The molecular weight excluding hydrogens is 219 g/mol. The van der Waals surface area contributed by atoms with Gasteiger partial charge in [-0.15, -0.1) is 0 Å². The van der Waals surface area contributed by atoms with Crippen LogP contribution in [0.1, 0.15) is 24.0 Å². The predicted molar refractivity (Wildman–Crippen MR) is 53.0 cm³/mol. The first kappa shape index (κ1) is 11.3. The molecule has 0 atom stereocenters. The molecule has 3 N–H and O–H groups in total. The number of phenols is 1. The number of nitrogens with two attached hydrogens (primary N) is 1. The number of hydrogen-bond acceptors (Lipinski definition) is 2. The Hall–Kier alpha value is -1.23. The average Bonchev–Trinajstić information content (AvgIpc) is 2.86. The summed E-state index contributed by atoms with van der Waals surface area (Å²) >= 11 is 0. The van der Waals surface area contributed by atoms with Crippen LogP contribution in [0.3, 0.4) is 0 Å². The van der Waals surface area contributed by atoms with Gasteiger partial charge in [0.1, 0.15) is 5.75 Å². The van der Waals surface area contributed by atoms with E-state index in [9.17, 15) is 18.3 Å². The van der Waals surface area contributed by atoms with Crippen molar-refractivity contribution < 1.29 is 18.3 Å². The predicted octanol–water partition coefficient (Wildman–Crippen LogP) is 2.44. The van der Waals surface area contributed by atoms with Gasteiger partial charge in [0.2, 0.25) is 0 Å². The van der Waals surface area contributed by atoms with E-state index in [4.69, 9.17) is 5.73 Å². The van der Waals surface area contributed by atoms with Crippen molar-refractivity contribution in [3.63, 3.8) is 0 Å². The van der Waals surface area contributed by atoms with E-state index in [1.807, 2.05) is 0 Å². The number of rotatable bonds is 2. The molecule has 1 aromatic carbocycles.